The van der Waals surface area contributed by atoms with Crippen LogP contribution < -0.4 is 5.32 Å². The molecule has 1 aliphatic heterocycles. The molecule has 6 nitrogen and oxygen atoms in total. The number of halogens is 3. The molecule has 0 saturated heterocycles. The van der Waals surface area contributed by atoms with Crippen LogP contribution in [0.25, 0.3) is 0 Å². The second-order valence-corrected chi connectivity index (χ2v) is 5.50. The number of hydrogen-bond acceptors (Lipinski definition) is 6. The molecule has 0 spiro atoms. The van der Waals surface area contributed by atoms with Gasteiger partial charge in [-0.3, -0.25) is 4.79 Å². The molecular weight excluding hydrogens is 320 g/mol. The van der Waals surface area contributed by atoms with Crippen molar-refractivity contribution in [2.24, 2.45) is 10.2 Å². The first kappa shape index (κ1) is 16.6. The molecule has 0 atom stereocenters. The van der Waals surface area contributed by atoms with E-state index in [4.69, 9.17) is 32.7 Å². The normalized spacial score (nSPS) is 17.1. The Hall–Kier alpha value is -0.410. The Labute approximate surface area is 123 Å². The van der Waals surface area contributed by atoms with Crippen molar-refractivity contribution in [3.05, 3.63) is 0 Å². The summed E-state index contributed by atoms with van der Waals surface area (Å²) in [6.45, 7) is 0.462. The highest BCUT2D eigenvalue weighted by Crippen LogP contribution is 2.34. The van der Waals surface area contributed by atoms with Crippen molar-refractivity contribution in [3.8, 4) is 0 Å². The molecule has 0 radical (unpaired) electrons. The van der Waals surface area contributed by atoms with Gasteiger partial charge in [0, 0.05) is 7.11 Å². The number of alkyl halides is 3. The van der Waals surface area contributed by atoms with E-state index in [-0.39, 0.29) is 24.1 Å². The number of carbonyl (C=O) groups excluding carboxylic acids is 1. The first-order chi connectivity index (χ1) is 9.02. The molecule has 0 aromatic rings. The summed E-state index contributed by atoms with van der Waals surface area (Å²) in [5.41, 5.74) is 0. The van der Waals surface area contributed by atoms with Gasteiger partial charge in [0.1, 0.15) is 17.7 Å². The van der Waals surface area contributed by atoms with E-state index >= 15 is 0 Å². The van der Waals surface area contributed by atoms with Crippen LogP contribution in [-0.4, -0.2) is 54.1 Å². The molecule has 1 rings (SSSR count). The SMILES string of the molecule is COCCOCC(=O)NC1=NN=C(SCF)C1(Cl)Cl. The number of nitrogens with one attached hydrogen (secondary N) is 1. The van der Waals surface area contributed by atoms with Crippen molar-refractivity contribution in [1.82, 2.24) is 5.32 Å². The van der Waals surface area contributed by atoms with E-state index in [1.807, 2.05) is 0 Å². The van der Waals surface area contributed by atoms with Gasteiger partial charge in [0.15, 0.2) is 5.84 Å². The van der Waals surface area contributed by atoms with Crippen LogP contribution in [-0.2, 0) is 14.3 Å². The average Bonchev–Trinajstić information content (AvgIpc) is 2.62. The highest BCUT2D eigenvalue weighted by Gasteiger charge is 2.42. The molecule has 1 amide bonds. The second kappa shape index (κ2) is 8.01. The lowest BCUT2D eigenvalue weighted by molar-refractivity contribution is -0.124. The minimum Gasteiger partial charge on any atom is -0.382 e. The molecule has 0 saturated carbocycles. The predicted molar refractivity (Wildman–Crippen MR) is 73.7 cm³/mol. The first-order valence-electron chi connectivity index (χ1n) is 5.12. The minimum atomic E-state index is -1.64. The number of nitrogens with zero attached hydrogens (tertiary/aromatic N) is 2. The highest BCUT2D eigenvalue weighted by molar-refractivity contribution is 8.14. The lowest BCUT2D eigenvalue weighted by Gasteiger charge is -2.16. The third kappa shape index (κ3) is 4.88. The van der Waals surface area contributed by atoms with Crippen LogP contribution in [0.3, 0.4) is 0 Å². The van der Waals surface area contributed by atoms with Gasteiger partial charge >= 0.3 is 0 Å². The van der Waals surface area contributed by atoms with E-state index in [0.29, 0.717) is 18.4 Å². The zero-order chi connectivity index (χ0) is 14.3. The van der Waals surface area contributed by atoms with E-state index in [1.54, 1.807) is 0 Å². The topological polar surface area (TPSA) is 72.3 Å². The summed E-state index contributed by atoms with van der Waals surface area (Å²) in [4.78, 5) is 11.5. The maximum absolute atomic E-state index is 12.2. The van der Waals surface area contributed by atoms with Crippen LogP contribution in [0.15, 0.2) is 10.2 Å². The second-order valence-electron chi connectivity index (χ2n) is 3.28. The fraction of sp³-hybridized carbons (Fsp3) is 0.667. The summed E-state index contributed by atoms with van der Waals surface area (Å²) >= 11 is 12.6. The van der Waals surface area contributed by atoms with Gasteiger partial charge < -0.3 is 14.8 Å². The van der Waals surface area contributed by atoms with E-state index in [0.717, 1.165) is 0 Å². The van der Waals surface area contributed by atoms with Gasteiger partial charge in [-0.15, -0.1) is 10.2 Å². The van der Waals surface area contributed by atoms with Gasteiger partial charge in [-0.2, -0.15) is 0 Å². The predicted octanol–water partition coefficient (Wildman–Crippen LogP) is 1.33. The Balaban J connectivity index is 2.40. The maximum Gasteiger partial charge on any atom is 0.251 e. The molecule has 0 bridgehead atoms. The van der Waals surface area contributed by atoms with Gasteiger partial charge in [-0.25, -0.2) is 4.39 Å². The number of hydrogen-bond donors (Lipinski definition) is 1. The summed E-state index contributed by atoms with van der Waals surface area (Å²) in [5.74, 6) is -0.547. The number of amides is 1. The van der Waals surface area contributed by atoms with Crippen molar-refractivity contribution >= 4 is 51.8 Å². The molecule has 1 heterocycles. The summed E-state index contributed by atoms with van der Waals surface area (Å²) in [7, 11) is 1.52. The fourth-order valence-corrected chi connectivity index (χ4v) is 2.13. The standard InChI is InChI=1S/C9H12Cl2FN3O3S/c1-17-2-3-18-4-6(16)13-7-9(10,11)8(15-14-7)19-5-12/h2-5H2,1H3,(H,13,14,16). The van der Waals surface area contributed by atoms with Crippen LogP contribution in [0.1, 0.15) is 0 Å². The molecule has 10 heteroatoms. The molecule has 1 aliphatic rings. The van der Waals surface area contributed by atoms with E-state index in [9.17, 15) is 9.18 Å². The summed E-state index contributed by atoms with van der Waals surface area (Å²) < 4.78 is 20.3. The summed E-state index contributed by atoms with van der Waals surface area (Å²) in [6, 6.07) is -0.739. The van der Waals surface area contributed by atoms with Crippen molar-refractivity contribution in [2.45, 2.75) is 4.33 Å². The van der Waals surface area contributed by atoms with Crippen molar-refractivity contribution in [2.75, 3.05) is 32.9 Å². The molecule has 1 N–H and O–H groups in total. The van der Waals surface area contributed by atoms with Crippen LogP contribution in [0.5, 0.6) is 0 Å². The molecule has 0 fully saturated rings. The van der Waals surface area contributed by atoms with Crippen LogP contribution >= 0.6 is 35.0 Å². The lowest BCUT2D eigenvalue weighted by Crippen LogP contribution is -2.44. The van der Waals surface area contributed by atoms with Gasteiger partial charge in [0.25, 0.3) is 5.91 Å². The molecular formula is C9H12Cl2FN3O3S. The molecule has 0 aliphatic carbocycles. The Kier molecular flexibility index (Phi) is 7.01. The first-order valence-corrected chi connectivity index (χ1v) is 6.86. The largest absolute Gasteiger partial charge is 0.382 e. The Morgan fingerprint density at radius 1 is 1.47 bits per heavy atom. The smallest absolute Gasteiger partial charge is 0.251 e. The lowest BCUT2D eigenvalue weighted by atomic mass is 10.4. The Bertz CT molecular complexity index is 393. The molecule has 19 heavy (non-hydrogen) atoms. The molecule has 0 aromatic heterocycles. The zero-order valence-corrected chi connectivity index (χ0v) is 12.3. The maximum atomic E-state index is 12.2. The fourth-order valence-electron chi connectivity index (χ4n) is 1.07. The van der Waals surface area contributed by atoms with E-state index in [2.05, 4.69) is 15.5 Å². The number of methoxy groups -OCH3 is 1. The van der Waals surface area contributed by atoms with Gasteiger partial charge in [0.2, 0.25) is 4.33 Å². The van der Waals surface area contributed by atoms with Crippen LogP contribution in [0, 0.1) is 0 Å². The number of amidine groups is 1. The molecule has 0 aromatic carbocycles. The van der Waals surface area contributed by atoms with E-state index < -0.39 is 16.2 Å². The third-order valence-electron chi connectivity index (χ3n) is 1.92. The van der Waals surface area contributed by atoms with Crippen LogP contribution in [0.2, 0.25) is 0 Å². The molecule has 0 unspecified atom stereocenters. The Morgan fingerprint density at radius 2 is 2.21 bits per heavy atom. The monoisotopic (exact) mass is 331 g/mol. The van der Waals surface area contributed by atoms with Crippen molar-refractivity contribution in [1.29, 1.82) is 0 Å². The number of thioether (sulfide) groups is 1. The van der Waals surface area contributed by atoms with Gasteiger partial charge in [0.05, 0.1) is 13.2 Å². The number of ether oxygens (including phenoxy) is 2. The average molecular weight is 332 g/mol. The van der Waals surface area contributed by atoms with Crippen molar-refractivity contribution in [3.63, 3.8) is 0 Å². The number of rotatable bonds is 6. The summed E-state index contributed by atoms with van der Waals surface area (Å²) in [6.07, 6.45) is 0. The van der Waals surface area contributed by atoms with Gasteiger partial charge in [-0.1, -0.05) is 35.0 Å². The highest BCUT2D eigenvalue weighted by atomic mass is 35.5. The van der Waals surface area contributed by atoms with Crippen molar-refractivity contribution < 1.29 is 18.7 Å². The number of carbonyl (C=O) groups is 1. The molecule has 108 valence electrons. The zero-order valence-electron chi connectivity index (χ0n) is 9.99. The Morgan fingerprint density at radius 3 is 2.84 bits per heavy atom. The van der Waals surface area contributed by atoms with Crippen LogP contribution in [0.4, 0.5) is 4.39 Å². The minimum absolute atomic E-state index is 0.0628. The van der Waals surface area contributed by atoms with Gasteiger partial charge in [-0.05, 0) is 0 Å². The van der Waals surface area contributed by atoms with E-state index in [1.165, 1.54) is 7.11 Å². The third-order valence-corrected chi connectivity index (χ3v) is 3.63. The quantitative estimate of drug-likeness (QED) is 0.588. The summed E-state index contributed by atoms with van der Waals surface area (Å²) in [5, 5.41) is 9.67.